The Morgan fingerprint density at radius 1 is 1.12 bits per heavy atom. The van der Waals surface area contributed by atoms with Crippen molar-refractivity contribution in [3.8, 4) is 0 Å². The van der Waals surface area contributed by atoms with Crippen molar-refractivity contribution in [3.63, 3.8) is 0 Å². The number of benzene rings is 1. The summed E-state index contributed by atoms with van der Waals surface area (Å²) < 4.78 is 0. The predicted molar refractivity (Wildman–Crippen MR) is 90.1 cm³/mol. The summed E-state index contributed by atoms with van der Waals surface area (Å²) in [6.07, 6.45) is 0.791. The molecule has 0 atom stereocenters. The van der Waals surface area contributed by atoms with E-state index in [2.05, 4.69) is 15.6 Å². The van der Waals surface area contributed by atoms with E-state index < -0.39 is 5.97 Å². The molecule has 24 heavy (non-hydrogen) atoms. The van der Waals surface area contributed by atoms with Crippen molar-refractivity contribution in [1.82, 2.24) is 10.3 Å². The molecule has 0 unspecified atom stereocenters. The highest BCUT2D eigenvalue weighted by Gasteiger charge is 2.08. The first-order valence-electron chi connectivity index (χ1n) is 7.31. The van der Waals surface area contributed by atoms with Crippen molar-refractivity contribution in [2.45, 2.75) is 19.3 Å². The van der Waals surface area contributed by atoms with Crippen LogP contribution in [0.2, 0.25) is 0 Å². The third-order valence-electron chi connectivity index (χ3n) is 3.15. The van der Waals surface area contributed by atoms with E-state index in [1.54, 1.807) is 29.8 Å². The van der Waals surface area contributed by atoms with Gasteiger partial charge in [0.25, 0.3) is 5.91 Å². The second kappa shape index (κ2) is 8.78. The Balaban J connectivity index is 1.79. The molecule has 1 heterocycles. The lowest BCUT2D eigenvalue weighted by Gasteiger charge is -2.07. The van der Waals surface area contributed by atoms with Gasteiger partial charge in [-0.25, -0.2) is 4.98 Å². The summed E-state index contributed by atoms with van der Waals surface area (Å²) in [5.74, 6) is -1.44. The number of aromatic nitrogens is 1. The second-order valence-corrected chi connectivity index (χ2v) is 5.72. The summed E-state index contributed by atoms with van der Waals surface area (Å²) in [6.45, 7) is 0.0727. The molecule has 0 aliphatic rings. The zero-order valence-electron chi connectivity index (χ0n) is 12.8. The molecule has 1 aromatic heterocycles. The van der Waals surface area contributed by atoms with Crippen molar-refractivity contribution in [2.24, 2.45) is 0 Å². The molecule has 0 bridgehead atoms. The van der Waals surface area contributed by atoms with E-state index >= 15 is 0 Å². The molecule has 0 saturated heterocycles. The molecule has 2 amide bonds. The molecule has 0 radical (unpaired) electrons. The van der Waals surface area contributed by atoms with Gasteiger partial charge < -0.3 is 15.7 Å². The van der Waals surface area contributed by atoms with Crippen LogP contribution in [0.15, 0.2) is 35.2 Å². The molecule has 0 spiro atoms. The Morgan fingerprint density at radius 3 is 2.50 bits per heavy atom. The average Bonchev–Trinajstić information content (AvgIpc) is 3.06. The van der Waals surface area contributed by atoms with E-state index in [4.69, 9.17) is 5.11 Å². The van der Waals surface area contributed by atoms with Crippen LogP contribution in [0.5, 0.6) is 0 Å². The van der Waals surface area contributed by atoms with Crippen LogP contribution >= 0.6 is 11.3 Å². The van der Waals surface area contributed by atoms with Gasteiger partial charge in [0.2, 0.25) is 5.91 Å². The number of nitrogens with zero attached hydrogens (tertiary/aromatic N) is 1. The Labute approximate surface area is 142 Å². The van der Waals surface area contributed by atoms with Gasteiger partial charge in [0.05, 0.1) is 17.6 Å². The largest absolute Gasteiger partial charge is 0.481 e. The molecule has 2 rings (SSSR count). The number of thiazole rings is 1. The lowest BCUT2D eigenvalue weighted by Crippen LogP contribution is -2.25. The molecule has 0 fully saturated rings. The third-order valence-corrected chi connectivity index (χ3v) is 3.78. The number of anilines is 1. The highest BCUT2D eigenvalue weighted by Crippen LogP contribution is 2.11. The fourth-order valence-corrected chi connectivity index (χ4v) is 2.51. The van der Waals surface area contributed by atoms with Crippen LogP contribution in [0.1, 0.15) is 28.9 Å². The van der Waals surface area contributed by atoms with E-state index in [1.807, 2.05) is 5.38 Å². The van der Waals surface area contributed by atoms with E-state index in [0.717, 1.165) is 5.69 Å². The van der Waals surface area contributed by atoms with Gasteiger partial charge in [-0.1, -0.05) is 0 Å². The van der Waals surface area contributed by atoms with Crippen molar-refractivity contribution in [1.29, 1.82) is 0 Å². The number of nitrogens with one attached hydrogen (secondary N) is 2. The highest BCUT2D eigenvalue weighted by atomic mass is 32.1. The quantitative estimate of drug-likeness (QED) is 0.676. The minimum atomic E-state index is -0.967. The fraction of sp³-hybridized carbons (Fsp3) is 0.250. The van der Waals surface area contributed by atoms with Crippen LogP contribution in [0.4, 0.5) is 5.69 Å². The number of carbonyl (C=O) groups is 3. The van der Waals surface area contributed by atoms with Crippen LogP contribution in [-0.2, 0) is 16.0 Å². The summed E-state index contributed by atoms with van der Waals surface area (Å²) in [5.41, 5.74) is 3.62. The Hall–Kier alpha value is -2.74. The lowest BCUT2D eigenvalue weighted by molar-refractivity contribution is -0.136. The first kappa shape index (κ1) is 17.6. The van der Waals surface area contributed by atoms with Crippen molar-refractivity contribution < 1.29 is 19.5 Å². The smallest absolute Gasteiger partial charge is 0.305 e. The molecule has 0 aliphatic carbocycles. The highest BCUT2D eigenvalue weighted by molar-refractivity contribution is 7.07. The number of hydrogen-bond donors (Lipinski definition) is 3. The minimum absolute atomic E-state index is 0.0727. The van der Waals surface area contributed by atoms with E-state index in [-0.39, 0.29) is 24.8 Å². The SMILES string of the molecule is O=C(O)CCNC(=O)c1ccc(NC(=O)CCc2cscn2)cc1. The maximum atomic E-state index is 11.9. The van der Waals surface area contributed by atoms with Gasteiger partial charge in [-0.2, -0.15) is 0 Å². The molecule has 2 aromatic rings. The normalized spacial score (nSPS) is 10.2. The monoisotopic (exact) mass is 347 g/mol. The first-order valence-corrected chi connectivity index (χ1v) is 8.26. The molecule has 1 aromatic carbocycles. The first-order chi connectivity index (χ1) is 11.5. The topological polar surface area (TPSA) is 108 Å². The molecule has 126 valence electrons. The van der Waals surface area contributed by atoms with Crippen molar-refractivity contribution >= 4 is 34.8 Å². The number of rotatable bonds is 8. The molecule has 7 nitrogen and oxygen atoms in total. The summed E-state index contributed by atoms with van der Waals surface area (Å²) in [5, 5.41) is 15.7. The third kappa shape index (κ3) is 5.81. The molecule has 8 heteroatoms. The van der Waals surface area contributed by atoms with Crippen LogP contribution in [0, 0.1) is 0 Å². The van der Waals surface area contributed by atoms with Crippen LogP contribution in [-0.4, -0.2) is 34.4 Å². The van der Waals surface area contributed by atoms with Gasteiger partial charge in [0.1, 0.15) is 0 Å². The van der Waals surface area contributed by atoms with Crippen molar-refractivity contribution in [3.05, 3.63) is 46.4 Å². The zero-order valence-corrected chi connectivity index (χ0v) is 13.6. The predicted octanol–water partition coefficient (Wildman–Crippen LogP) is 1.92. The Bertz CT molecular complexity index is 699. The van der Waals surface area contributed by atoms with Gasteiger partial charge in [-0.15, -0.1) is 11.3 Å². The summed E-state index contributed by atoms with van der Waals surface area (Å²) in [4.78, 5) is 38.2. The second-order valence-electron chi connectivity index (χ2n) is 5.00. The van der Waals surface area contributed by atoms with E-state index in [9.17, 15) is 14.4 Å². The Morgan fingerprint density at radius 2 is 1.88 bits per heavy atom. The number of carboxylic acids is 1. The fourth-order valence-electron chi connectivity index (χ4n) is 1.92. The Kier molecular flexibility index (Phi) is 6.44. The van der Waals surface area contributed by atoms with Gasteiger partial charge in [0, 0.05) is 29.6 Å². The van der Waals surface area contributed by atoms with E-state index in [0.29, 0.717) is 24.1 Å². The van der Waals surface area contributed by atoms with Gasteiger partial charge >= 0.3 is 5.97 Å². The average molecular weight is 347 g/mol. The van der Waals surface area contributed by atoms with E-state index in [1.165, 1.54) is 11.3 Å². The van der Waals surface area contributed by atoms with Crippen LogP contribution in [0.3, 0.4) is 0 Å². The van der Waals surface area contributed by atoms with Gasteiger partial charge in [-0.05, 0) is 30.7 Å². The molecular weight excluding hydrogens is 330 g/mol. The number of carbonyl (C=O) groups excluding carboxylic acids is 2. The summed E-state index contributed by atoms with van der Waals surface area (Å²) in [7, 11) is 0. The number of carboxylic acid groups (broad SMARTS) is 1. The van der Waals surface area contributed by atoms with Crippen molar-refractivity contribution in [2.75, 3.05) is 11.9 Å². The number of amides is 2. The van der Waals surface area contributed by atoms with Gasteiger partial charge in [-0.3, -0.25) is 14.4 Å². The number of aryl methyl sites for hydroxylation is 1. The lowest BCUT2D eigenvalue weighted by atomic mass is 10.2. The number of hydrogen-bond acceptors (Lipinski definition) is 5. The molecule has 0 saturated carbocycles. The molecular formula is C16H17N3O4S. The van der Waals surface area contributed by atoms with Crippen LogP contribution < -0.4 is 10.6 Å². The molecule has 0 aliphatic heterocycles. The standard InChI is InChI=1S/C16H17N3O4S/c20-14(6-5-13-9-24-10-18-13)19-12-3-1-11(2-4-12)16(23)17-8-7-15(21)22/h1-4,9-10H,5-8H2,(H,17,23)(H,19,20)(H,21,22). The minimum Gasteiger partial charge on any atom is -0.481 e. The maximum absolute atomic E-state index is 11.9. The molecule has 3 N–H and O–H groups in total. The summed E-state index contributed by atoms with van der Waals surface area (Å²) >= 11 is 1.49. The summed E-state index contributed by atoms with van der Waals surface area (Å²) in [6, 6.07) is 6.41. The maximum Gasteiger partial charge on any atom is 0.305 e. The van der Waals surface area contributed by atoms with Gasteiger partial charge in [0.15, 0.2) is 0 Å². The van der Waals surface area contributed by atoms with Crippen LogP contribution in [0.25, 0.3) is 0 Å². The number of aliphatic carboxylic acids is 1. The zero-order chi connectivity index (χ0) is 17.4.